The molecule has 0 aromatic heterocycles. The molecular formula is C6H11NO2. The Balaban J connectivity index is 3.15. The van der Waals surface area contributed by atoms with Crippen LogP contribution in [0, 0.1) is 0 Å². The third kappa shape index (κ3) is 7.14. The third-order valence-corrected chi connectivity index (χ3v) is 0.889. The van der Waals surface area contributed by atoms with Crippen molar-refractivity contribution in [1.82, 2.24) is 0 Å². The Kier molecular flexibility index (Phi) is 4.78. The minimum atomic E-state index is -1.11. The van der Waals surface area contributed by atoms with Crippen molar-refractivity contribution in [2.75, 3.05) is 0 Å². The second kappa shape index (κ2) is 5.28. The molecule has 0 spiro atoms. The minimum Gasteiger partial charge on any atom is -0.463 e. The molecule has 1 N–H and O–H groups in total. The van der Waals surface area contributed by atoms with Gasteiger partial charge in [-0.3, -0.25) is 0 Å². The van der Waals surface area contributed by atoms with Crippen LogP contribution in [-0.4, -0.2) is 17.4 Å². The van der Waals surface area contributed by atoms with Crippen LogP contribution in [0.15, 0.2) is 4.99 Å². The summed E-state index contributed by atoms with van der Waals surface area (Å²) in [5.74, 6) is 0. The van der Waals surface area contributed by atoms with Gasteiger partial charge in [-0.05, 0) is 12.8 Å². The predicted octanol–water partition coefficient (Wildman–Crippen LogP) is 1.93. The van der Waals surface area contributed by atoms with Gasteiger partial charge in [0.25, 0.3) is 0 Å². The Labute approximate surface area is 54.4 Å². The van der Waals surface area contributed by atoms with Crippen molar-refractivity contribution in [3.63, 3.8) is 0 Å². The zero-order chi connectivity index (χ0) is 7.11. The van der Waals surface area contributed by atoms with Crippen molar-refractivity contribution >= 4 is 12.3 Å². The SMILES string of the molecule is CCCCC=NC(=O)O. The van der Waals surface area contributed by atoms with Crippen molar-refractivity contribution in [1.29, 1.82) is 0 Å². The van der Waals surface area contributed by atoms with Gasteiger partial charge in [-0.15, -0.1) is 0 Å². The number of aliphatic imine (C=N–C) groups is 1. The van der Waals surface area contributed by atoms with Gasteiger partial charge in [0.15, 0.2) is 0 Å². The van der Waals surface area contributed by atoms with Gasteiger partial charge in [-0.1, -0.05) is 13.3 Å². The monoisotopic (exact) mass is 129 g/mol. The van der Waals surface area contributed by atoms with Crippen molar-refractivity contribution in [3.8, 4) is 0 Å². The lowest BCUT2D eigenvalue weighted by Gasteiger charge is -1.84. The summed E-state index contributed by atoms with van der Waals surface area (Å²) in [6, 6.07) is 0. The largest absolute Gasteiger partial charge is 0.463 e. The number of hydrogen-bond acceptors (Lipinski definition) is 1. The topological polar surface area (TPSA) is 49.7 Å². The number of rotatable bonds is 3. The summed E-state index contributed by atoms with van der Waals surface area (Å²) < 4.78 is 0. The van der Waals surface area contributed by atoms with Crippen LogP contribution in [0.2, 0.25) is 0 Å². The molecule has 52 valence electrons. The zero-order valence-electron chi connectivity index (χ0n) is 5.50. The van der Waals surface area contributed by atoms with E-state index < -0.39 is 6.09 Å². The average Bonchev–Trinajstić information content (AvgIpc) is 1.80. The van der Waals surface area contributed by atoms with Crippen LogP contribution in [0.3, 0.4) is 0 Å². The quantitative estimate of drug-likeness (QED) is 0.467. The second-order valence-electron chi connectivity index (χ2n) is 1.74. The summed E-state index contributed by atoms with van der Waals surface area (Å²) >= 11 is 0. The molecule has 0 radical (unpaired) electrons. The highest BCUT2D eigenvalue weighted by atomic mass is 16.4. The number of carbonyl (C=O) groups is 1. The van der Waals surface area contributed by atoms with Crippen LogP contribution in [0.5, 0.6) is 0 Å². The molecule has 9 heavy (non-hydrogen) atoms. The first-order chi connectivity index (χ1) is 4.27. The summed E-state index contributed by atoms with van der Waals surface area (Å²) in [7, 11) is 0. The Morgan fingerprint density at radius 2 is 2.44 bits per heavy atom. The third-order valence-electron chi connectivity index (χ3n) is 0.889. The standard InChI is InChI=1S/C6H11NO2/c1-2-3-4-5-7-6(8)9/h5H,2-4H2,1H3,(H,8,9). The van der Waals surface area contributed by atoms with E-state index in [1.807, 2.05) is 0 Å². The lowest BCUT2D eigenvalue weighted by Crippen LogP contribution is -1.85. The molecule has 0 aromatic rings. The Morgan fingerprint density at radius 3 is 2.89 bits per heavy atom. The first-order valence-corrected chi connectivity index (χ1v) is 3.02. The highest BCUT2D eigenvalue weighted by Gasteiger charge is 1.84. The number of nitrogens with zero attached hydrogens (tertiary/aromatic N) is 1. The molecule has 0 aliphatic heterocycles. The molecule has 0 saturated heterocycles. The molecule has 0 heterocycles. The molecular weight excluding hydrogens is 118 g/mol. The van der Waals surface area contributed by atoms with Gasteiger partial charge < -0.3 is 5.11 Å². The Hall–Kier alpha value is -0.860. The highest BCUT2D eigenvalue weighted by molar-refractivity contribution is 5.77. The minimum absolute atomic E-state index is 0.767. The molecule has 1 amide bonds. The van der Waals surface area contributed by atoms with Crippen LogP contribution >= 0.6 is 0 Å². The molecule has 3 heteroatoms. The normalized spacial score (nSPS) is 10.3. The second-order valence-corrected chi connectivity index (χ2v) is 1.74. The van der Waals surface area contributed by atoms with Crippen LogP contribution in [0.1, 0.15) is 26.2 Å². The summed E-state index contributed by atoms with van der Waals surface area (Å²) in [6.07, 6.45) is 3.18. The predicted molar refractivity (Wildman–Crippen MR) is 36.0 cm³/mol. The van der Waals surface area contributed by atoms with E-state index >= 15 is 0 Å². The summed E-state index contributed by atoms with van der Waals surface area (Å²) in [5.41, 5.74) is 0. The summed E-state index contributed by atoms with van der Waals surface area (Å²) in [4.78, 5) is 12.9. The van der Waals surface area contributed by atoms with Gasteiger partial charge in [0.1, 0.15) is 0 Å². The maximum atomic E-state index is 9.76. The van der Waals surface area contributed by atoms with Crippen molar-refractivity contribution in [2.24, 2.45) is 4.99 Å². The van der Waals surface area contributed by atoms with Gasteiger partial charge in [0.2, 0.25) is 0 Å². The molecule has 0 aliphatic carbocycles. The summed E-state index contributed by atoms with van der Waals surface area (Å²) in [5, 5.41) is 8.01. The lowest BCUT2D eigenvalue weighted by atomic mass is 10.3. The number of amides is 1. The van der Waals surface area contributed by atoms with Crippen LogP contribution in [-0.2, 0) is 0 Å². The molecule has 0 bridgehead atoms. The van der Waals surface area contributed by atoms with E-state index in [-0.39, 0.29) is 0 Å². The van der Waals surface area contributed by atoms with Gasteiger partial charge in [0.05, 0.1) is 0 Å². The number of unbranched alkanes of at least 4 members (excludes halogenated alkanes) is 2. The molecule has 0 saturated carbocycles. The van der Waals surface area contributed by atoms with E-state index in [0.29, 0.717) is 0 Å². The van der Waals surface area contributed by atoms with E-state index in [0.717, 1.165) is 19.3 Å². The van der Waals surface area contributed by atoms with E-state index in [9.17, 15) is 4.79 Å². The first kappa shape index (κ1) is 8.14. The number of carboxylic acid groups (broad SMARTS) is 1. The van der Waals surface area contributed by atoms with Crippen molar-refractivity contribution in [2.45, 2.75) is 26.2 Å². The van der Waals surface area contributed by atoms with Gasteiger partial charge in [-0.25, -0.2) is 4.79 Å². The van der Waals surface area contributed by atoms with Crippen LogP contribution in [0.25, 0.3) is 0 Å². The lowest BCUT2D eigenvalue weighted by molar-refractivity contribution is 0.206. The molecule has 0 rings (SSSR count). The molecule has 3 nitrogen and oxygen atoms in total. The fourth-order valence-electron chi connectivity index (χ4n) is 0.438. The highest BCUT2D eigenvalue weighted by Crippen LogP contribution is 1.89. The fourth-order valence-corrected chi connectivity index (χ4v) is 0.438. The maximum absolute atomic E-state index is 9.76. The fraction of sp³-hybridized carbons (Fsp3) is 0.667. The van der Waals surface area contributed by atoms with Crippen LogP contribution < -0.4 is 0 Å². The zero-order valence-corrected chi connectivity index (χ0v) is 5.50. The molecule has 0 aliphatic rings. The van der Waals surface area contributed by atoms with Crippen LogP contribution in [0.4, 0.5) is 4.79 Å². The van der Waals surface area contributed by atoms with E-state index in [4.69, 9.17) is 5.11 Å². The van der Waals surface area contributed by atoms with Gasteiger partial charge in [-0.2, -0.15) is 4.99 Å². The Bertz CT molecular complexity index is 110. The van der Waals surface area contributed by atoms with Crippen molar-refractivity contribution in [3.05, 3.63) is 0 Å². The Morgan fingerprint density at radius 1 is 1.78 bits per heavy atom. The van der Waals surface area contributed by atoms with Gasteiger partial charge in [0, 0.05) is 6.21 Å². The van der Waals surface area contributed by atoms with E-state index in [1.54, 1.807) is 0 Å². The summed E-state index contributed by atoms with van der Waals surface area (Å²) in [6.45, 7) is 2.05. The first-order valence-electron chi connectivity index (χ1n) is 3.02. The molecule has 0 unspecified atom stereocenters. The molecule has 0 aromatic carbocycles. The number of hydrogen-bond donors (Lipinski definition) is 1. The maximum Gasteiger partial charge on any atom is 0.430 e. The van der Waals surface area contributed by atoms with E-state index in [2.05, 4.69) is 11.9 Å². The average molecular weight is 129 g/mol. The van der Waals surface area contributed by atoms with Gasteiger partial charge >= 0.3 is 6.09 Å². The molecule has 0 fully saturated rings. The van der Waals surface area contributed by atoms with Crippen molar-refractivity contribution < 1.29 is 9.90 Å². The molecule has 0 atom stereocenters. The smallest absolute Gasteiger partial charge is 0.430 e. The van der Waals surface area contributed by atoms with E-state index in [1.165, 1.54) is 6.21 Å².